The summed E-state index contributed by atoms with van der Waals surface area (Å²) in [5.74, 6) is -2.04. The average molecular weight is 540 g/mol. The number of hydrogen-bond acceptors (Lipinski definition) is 3. The largest absolute Gasteiger partial charge is 0.480 e. The summed E-state index contributed by atoms with van der Waals surface area (Å²) in [7, 11) is 0. The van der Waals surface area contributed by atoms with Crippen LogP contribution in [0.1, 0.15) is 46.5 Å². The summed E-state index contributed by atoms with van der Waals surface area (Å²) in [6.45, 7) is 7.24. The average Bonchev–Trinajstić information content (AvgIpc) is 3.15. The predicted octanol–water partition coefficient (Wildman–Crippen LogP) is 6.70. The van der Waals surface area contributed by atoms with Gasteiger partial charge in [0.25, 0.3) is 5.91 Å². The van der Waals surface area contributed by atoms with Crippen molar-refractivity contribution in [2.75, 3.05) is 10.6 Å². The molecule has 1 aliphatic rings. The van der Waals surface area contributed by atoms with Crippen LogP contribution in [0.15, 0.2) is 54.6 Å². The van der Waals surface area contributed by atoms with Gasteiger partial charge in [-0.3, -0.25) is 4.79 Å². The summed E-state index contributed by atoms with van der Waals surface area (Å²) in [6, 6.07) is 11.4. The number of hydrogen-bond donors (Lipinski definition) is 3. The minimum Gasteiger partial charge on any atom is -0.480 e. The molecule has 3 aromatic carbocycles. The van der Waals surface area contributed by atoms with Crippen molar-refractivity contribution in [3.05, 3.63) is 82.4 Å². The molecular weight excluding hydrogens is 511 g/mol. The van der Waals surface area contributed by atoms with Gasteiger partial charge in [-0.2, -0.15) is 13.2 Å². The molecule has 1 aliphatic heterocycles. The van der Waals surface area contributed by atoms with Gasteiger partial charge in [0.2, 0.25) is 0 Å². The Morgan fingerprint density at radius 1 is 0.897 bits per heavy atom. The standard InChI is InChI=1S/C29H28F3N3O4/c1-15(2)25(27(37)38)35-14-19-7-6-18(12-23(19)26(35)36)22-10-9-21(13-24(22)29(30,31)32)34-28(39)33-20-8-5-16(3)17(4)11-20/h5-13,15,25H,14H2,1-4H3,(H,37,38)(H2,33,34,39)/t25-/m0/s1. The van der Waals surface area contributed by atoms with E-state index in [1.807, 2.05) is 19.9 Å². The van der Waals surface area contributed by atoms with Crippen molar-refractivity contribution < 1.29 is 32.7 Å². The molecule has 1 atom stereocenters. The fourth-order valence-corrected chi connectivity index (χ4v) is 4.71. The van der Waals surface area contributed by atoms with E-state index in [1.165, 1.54) is 29.2 Å². The first kappa shape index (κ1) is 27.7. The number of carbonyl (C=O) groups is 3. The van der Waals surface area contributed by atoms with Crippen LogP contribution in [0.3, 0.4) is 0 Å². The van der Waals surface area contributed by atoms with E-state index in [-0.39, 0.29) is 34.8 Å². The normalized spacial score (nSPS) is 13.8. The van der Waals surface area contributed by atoms with Gasteiger partial charge < -0.3 is 20.6 Å². The Hall–Kier alpha value is -4.34. The fraction of sp³-hybridized carbons (Fsp3) is 0.276. The molecule has 3 amide bonds. The molecule has 10 heteroatoms. The Balaban J connectivity index is 1.62. The number of urea groups is 1. The second-order valence-electron chi connectivity index (χ2n) is 9.97. The monoisotopic (exact) mass is 539 g/mol. The van der Waals surface area contributed by atoms with E-state index in [2.05, 4.69) is 10.6 Å². The molecule has 0 saturated heterocycles. The number of fused-ring (bicyclic) bond motifs is 1. The molecule has 3 N–H and O–H groups in total. The molecule has 0 radical (unpaired) electrons. The highest BCUT2D eigenvalue weighted by atomic mass is 19.4. The van der Waals surface area contributed by atoms with E-state index in [4.69, 9.17) is 0 Å². The number of anilines is 2. The molecule has 0 spiro atoms. The van der Waals surface area contributed by atoms with Gasteiger partial charge in [-0.1, -0.05) is 38.1 Å². The van der Waals surface area contributed by atoms with Crippen LogP contribution < -0.4 is 10.6 Å². The SMILES string of the molecule is Cc1ccc(NC(=O)Nc2ccc(-c3ccc4c(c3)C(=O)N([C@H](C(=O)O)C(C)C)C4)c(C(F)(F)F)c2)cc1C. The Morgan fingerprint density at radius 3 is 2.13 bits per heavy atom. The summed E-state index contributed by atoms with van der Waals surface area (Å²) in [4.78, 5) is 38.5. The van der Waals surface area contributed by atoms with Crippen LogP contribution in [-0.2, 0) is 17.5 Å². The molecule has 0 aromatic heterocycles. The number of carbonyl (C=O) groups excluding carboxylic acids is 2. The highest BCUT2D eigenvalue weighted by Crippen LogP contribution is 2.40. The molecule has 7 nitrogen and oxygen atoms in total. The van der Waals surface area contributed by atoms with Crippen molar-refractivity contribution in [2.24, 2.45) is 5.92 Å². The molecule has 4 rings (SSSR count). The first-order chi connectivity index (χ1) is 18.3. The van der Waals surface area contributed by atoms with Gasteiger partial charge in [0, 0.05) is 23.5 Å². The number of alkyl halides is 3. The minimum absolute atomic E-state index is 0.0583. The highest BCUT2D eigenvalue weighted by molar-refractivity contribution is 6.02. The molecule has 39 heavy (non-hydrogen) atoms. The van der Waals surface area contributed by atoms with Crippen LogP contribution in [0, 0.1) is 19.8 Å². The zero-order chi connectivity index (χ0) is 28.6. The van der Waals surface area contributed by atoms with Crippen molar-refractivity contribution in [1.29, 1.82) is 0 Å². The van der Waals surface area contributed by atoms with Crippen LogP contribution >= 0.6 is 0 Å². The van der Waals surface area contributed by atoms with Gasteiger partial charge >= 0.3 is 18.2 Å². The smallest absolute Gasteiger partial charge is 0.417 e. The lowest BCUT2D eigenvalue weighted by atomic mass is 9.95. The maximum atomic E-state index is 14.1. The second-order valence-corrected chi connectivity index (χ2v) is 9.97. The quantitative estimate of drug-likeness (QED) is 0.325. The fourth-order valence-electron chi connectivity index (χ4n) is 4.71. The number of aryl methyl sites for hydroxylation is 2. The number of nitrogens with one attached hydrogen (secondary N) is 2. The summed E-state index contributed by atoms with van der Waals surface area (Å²) >= 11 is 0. The third-order valence-electron chi connectivity index (χ3n) is 6.82. The Morgan fingerprint density at radius 2 is 1.54 bits per heavy atom. The molecular formula is C29H28F3N3O4. The number of nitrogens with zero attached hydrogens (tertiary/aromatic N) is 1. The zero-order valence-electron chi connectivity index (χ0n) is 21.8. The number of aliphatic carboxylic acids is 1. The number of carboxylic acids is 1. The van der Waals surface area contributed by atoms with Gasteiger partial charge in [-0.05, 0) is 77.9 Å². The van der Waals surface area contributed by atoms with E-state index in [9.17, 15) is 32.7 Å². The van der Waals surface area contributed by atoms with Gasteiger partial charge in [-0.15, -0.1) is 0 Å². The molecule has 1 heterocycles. The molecule has 0 bridgehead atoms. The Labute approximate surface area is 223 Å². The number of amides is 3. The number of benzene rings is 3. The van der Waals surface area contributed by atoms with E-state index >= 15 is 0 Å². The minimum atomic E-state index is -4.75. The maximum Gasteiger partial charge on any atom is 0.417 e. The van der Waals surface area contributed by atoms with Gasteiger partial charge in [-0.25, -0.2) is 9.59 Å². The molecule has 3 aromatic rings. The molecule has 0 unspecified atom stereocenters. The predicted molar refractivity (Wildman–Crippen MR) is 142 cm³/mol. The van der Waals surface area contributed by atoms with Crippen molar-refractivity contribution in [3.8, 4) is 11.1 Å². The number of carboxylic acid groups (broad SMARTS) is 1. The van der Waals surface area contributed by atoms with Crippen molar-refractivity contribution in [1.82, 2.24) is 4.90 Å². The van der Waals surface area contributed by atoms with E-state index in [0.29, 0.717) is 11.3 Å². The lowest BCUT2D eigenvalue weighted by Crippen LogP contribution is -2.44. The molecule has 0 saturated carbocycles. The lowest BCUT2D eigenvalue weighted by molar-refractivity contribution is -0.144. The summed E-state index contributed by atoms with van der Waals surface area (Å²) in [5.41, 5.74) is 2.14. The van der Waals surface area contributed by atoms with Gasteiger partial charge in [0.15, 0.2) is 0 Å². The Bertz CT molecular complexity index is 1470. The maximum absolute atomic E-state index is 14.1. The summed E-state index contributed by atoms with van der Waals surface area (Å²) < 4.78 is 42.3. The molecule has 204 valence electrons. The third-order valence-corrected chi connectivity index (χ3v) is 6.82. The lowest BCUT2D eigenvalue weighted by Gasteiger charge is -2.27. The van der Waals surface area contributed by atoms with Crippen LogP contribution in [0.25, 0.3) is 11.1 Å². The molecule has 0 aliphatic carbocycles. The first-order valence-electron chi connectivity index (χ1n) is 12.3. The molecule has 0 fully saturated rings. The topological polar surface area (TPSA) is 98.7 Å². The third kappa shape index (κ3) is 5.74. The first-order valence-corrected chi connectivity index (χ1v) is 12.3. The van der Waals surface area contributed by atoms with Crippen molar-refractivity contribution >= 4 is 29.3 Å². The van der Waals surface area contributed by atoms with E-state index < -0.39 is 35.7 Å². The van der Waals surface area contributed by atoms with E-state index in [0.717, 1.165) is 17.2 Å². The van der Waals surface area contributed by atoms with E-state index in [1.54, 1.807) is 32.0 Å². The van der Waals surface area contributed by atoms with Crippen LogP contribution in [-0.4, -0.2) is 34.0 Å². The zero-order valence-corrected chi connectivity index (χ0v) is 21.8. The number of rotatable bonds is 6. The number of halogens is 3. The summed E-state index contributed by atoms with van der Waals surface area (Å²) in [6.07, 6.45) is -4.75. The summed E-state index contributed by atoms with van der Waals surface area (Å²) in [5, 5.41) is 14.6. The van der Waals surface area contributed by atoms with Gasteiger partial charge in [0.05, 0.1) is 5.56 Å². The van der Waals surface area contributed by atoms with Gasteiger partial charge in [0.1, 0.15) is 6.04 Å². The Kier molecular flexibility index (Phi) is 7.41. The van der Waals surface area contributed by atoms with Crippen molar-refractivity contribution in [2.45, 2.75) is 46.5 Å². The second kappa shape index (κ2) is 10.4. The van der Waals surface area contributed by atoms with Crippen LogP contribution in [0.5, 0.6) is 0 Å². The van der Waals surface area contributed by atoms with Crippen LogP contribution in [0.4, 0.5) is 29.3 Å². The van der Waals surface area contributed by atoms with Crippen LogP contribution in [0.2, 0.25) is 0 Å². The van der Waals surface area contributed by atoms with Crippen molar-refractivity contribution in [3.63, 3.8) is 0 Å². The highest BCUT2D eigenvalue weighted by Gasteiger charge is 2.39.